The lowest BCUT2D eigenvalue weighted by molar-refractivity contribution is -0.286. The first-order chi connectivity index (χ1) is 18.1. The lowest BCUT2D eigenvalue weighted by Crippen LogP contribution is -2.42. The average Bonchev–Trinajstić information content (AvgIpc) is 3.20. The minimum atomic E-state index is -3.92. The third-order valence-corrected chi connectivity index (χ3v) is 6.06. The van der Waals surface area contributed by atoms with Crippen LogP contribution in [-0.4, -0.2) is 74.6 Å². The molecule has 1 amide bonds. The molecule has 2 aliphatic rings. The van der Waals surface area contributed by atoms with Gasteiger partial charge in [-0.25, -0.2) is 9.78 Å². The summed E-state index contributed by atoms with van der Waals surface area (Å²) >= 11 is 0. The Labute approximate surface area is 217 Å². The number of esters is 1. The van der Waals surface area contributed by atoms with E-state index < -0.39 is 18.2 Å². The number of nitrogens with one attached hydrogen (secondary N) is 2. The number of carbonyl (C=O) groups excluding carboxylic acids is 2. The molecule has 1 fully saturated rings. The first-order valence-electron chi connectivity index (χ1n) is 11.7. The molecule has 1 unspecified atom stereocenters. The Morgan fingerprint density at radius 2 is 1.87 bits per heavy atom. The third kappa shape index (κ3) is 5.94. The van der Waals surface area contributed by atoms with Gasteiger partial charge >= 0.3 is 12.3 Å². The van der Waals surface area contributed by atoms with Crippen molar-refractivity contribution in [2.75, 3.05) is 51.2 Å². The van der Waals surface area contributed by atoms with Crippen molar-refractivity contribution in [1.29, 1.82) is 0 Å². The summed E-state index contributed by atoms with van der Waals surface area (Å²) in [7, 11) is 2.50. The van der Waals surface area contributed by atoms with Gasteiger partial charge < -0.3 is 34.3 Å². The van der Waals surface area contributed by atoms with E-state index in [-0.39, 0.29) is 45.9 Å². The number of ether oxygens (including phenoxy) is 5. The van der Waals surface area contributed by atoms with Gasteiger partial charge in [0.2, 0.25) is 0 Å². The Hall–Kier alpha value is -3.97. The van der Waals surface area contributed by atoms with Crippen molar-refractivity contribution in [3.8, 4) is 17.2 Å². The number of amides is 1. The van der Waals surface area contributed by atoms with Gasteiger partial charge in [0.15, 0.2) is 11.5 Å². The second-order valence-electron chi connectivity index (χ2n) is 8.62. The molecule has 1 saturated heterocycles. The van der Waals surface area contributed by atoms with Crippen LogP contribution >= 0.6 is 0 Å². The molecule has 13 heteroatoms. The number of alkyl halides is 2. The van der Waals surface area contributed by atoms with E-state index in [1.807, 2.05) is 0 Å². The van der Waals surface area contributed by atoms with Gasteiger partial charge in [0, 0.05) is 49.6 Å². The molecule has 204 valence electrons. The number of halogens is 2. The highest BCUT2D eigenvalue weighted by atomic mass is 19.3. The Bertz CT molecular complexity index is 1230. The van der Waals surface area contributed by atoms with E-state index in [4.69, 9.17) is 14.2 Å². The topological polar surface area (TPSA) is 120 Å². The molecule has 0 aliphatic carbocycles. The van der Waals surface area contributed by atoms with E-state index in [9.17, 15) is 18.4 Å². The summed E-state index contributed by atoms with van der Waals surface area (Å²) in [5.74, 6) is -2.01. The van der Waals surface area contributed by atoms with Gasteiger partial charge in [0.1, 0.15) is 17.1 Å². The van der Waals surface area contributed by atoms with E-state index in [0.29, 0.717) is 25.3 Å². The molecule has 1 aromatic carbocycles. The molecule has 0 bridgehead atoms. The predicted octanol–water partition coefficient (Wildman–Crippen LogP) is 3.49. The molecule has 1 aromatic heterocycles. The number of hydrogen-bond donors (Lipinski definition) is 2. The zero-order valence-corrected chi connectivity index (χ0v) is 21.1. The molecular weight excluding hydrogens is 506 g/mol. The van der Waals surface area contributed by atoms with Gasteiger partial charge in [-0.15, -0.1) is 8.78 Å². The van der Waals surface area contributed by atoms with Crippen LogP contribution in [0.1, 0.15) is 34.1 Å². The van der Waals surface area contributed by atoms with Crippen molar-refractivity contribution < 1.29 is 42.1 Å². The monoisotopic (exact) mass is 534 g/mol. The number of morpholine rings is 1. The lowest BCUT2D eigenvalue weighted by atomic mass is 10.1. The normalized spacial score (nSPS) is 16.9. The molecule has 3 heterocycles. The van der Waals surface area contributed by atoms with Gasteiger partial charge in [0.05, 0.1) is 38.7 Å². The van der Waals surface area contributed by atoms with E-state index in [1.54, 1.807) is 0 Å². The van der Waals surface area contributed by atoms with Crippen LogP contribution in [0.3, 0.4) is 0 Å². The van der Waals surface area contributed by atoms with Crippen molar-refractivity contribution in [3.63, 3.8) is 0 Å². The number of pyridine rings is 1. The Morgan fingerprint density at radius 3 is 2.53 bits per heavy atom. The van der Waals surface area contributed by atoms with Gasteiger partial charge in [-0.05, 0) is 13.0 Å². The number of benzene rings is 1. The quantitative estimate of drug-likeness (QED) is 0.463. The van der Waals surface area contributed by atoms with Crippen LogP contribution in [0.5, 0.6) is 17.2 Å². The zero-order chi connectivity index (χ0) is 27.4. The molecule has 2 aromatic rings. The molecule has 0 radical (unpaired) electrons. The maximum Gasteiger partial charge on any atom is 0.586 e. The highest BCUT2D eigenvalue weighted by Crippen LogP contribution is 2.44. The summed E-state index contributed by atoms with van der Waals surface area (Å²) in [6, 6.07) is 3.71. The maximum absolute atomic E-state index is 13.6. The summed E-state index contributed by atoms with van der Waals surface area (Å²) < 4.78 is 51.6. The average molecular weight is 535 g/mol. The van der Waals surface area contributed by atoms with Crippen molar-refractivity contribution in [3.05, 3.63) is 47.8 Å². The summed E-state index contributed by atoms with van der Waals surface area (Å²) in [6.07, 6.45) is -1.89. The van der Waals surface area contributed by atoms with Crippen LogP contribution < -0.4 is 24.8 Å². The predicted molar refractivity (Wildman–Crippen MR) is 132 cm³/mol. The number of fused-ring (bicyclic) bond motifs is 1. The summed E-state index contributed by atoms with van der Waals surface area (Å²) in [5, 5.41) is 5.63. The number of aromatic nitrogens is 1. The zero-order valence-electron chi connectivity index (χ0n) is 21.1. The van der Waals surface area contributed by atoms with Crippen molar-refractivity contribution in [2.24, 2.45) is 0 Å². The van der Waals surface area contributed by atoms with E-state index >= 15 is 0 Å². The second-order valence-corrected chi connectivity index (χ2v) is 8.62. The van der Waals surface area contributed by atoms with Crippen LogP contribution in [0.25, 0.3) is 0 Å². The summed E-state index contributed by atoms with van der Waals surface area (Å²) in [4.78, 5) is 32.4. The Balaban J connectivity index is 1.58. The van der Waals surface area contributed by atoms with Crippen molar-refractivity contribution in [2.45, 2.75) is 25.7 Å². The first-order valence-corrected chi connectivity index (χ1v) is 11.7. The second kappa shape index (κ2) is 11.2. The summed E-state index contributed by atoms with van der Waals surface area (Å²) in [5.41, 5.74) is 0.258. The van der Waals surface area contributed by atoms with Crippen molar-refractivity contribution >= 4 is 23.4 Å². The maximum atomic E-state index is 13.6. The smallest absolute Gasteiger partial charge is 0.496 e. The van der Waals surface area contributed by atoms with Crippen LogP contribution in [0, 0.1) is 0 Å². The Morgan fingerprint density at radius 1 is 1.18 bits per heavy atom. The first kappa shape index (κ1) is 27.1. The molecule has 1 atom stereocenters. The van der Waals surface area contributed by atoms with Crippen molar-refractivity contribution in [1.82, 2.24) is 9.88 Å². The van der Waals surface area contributed by atoms with E-state index in [0.717, 1.165) is 32.3 Å². The minimum absolute atomic E-state index is 0.00832. The number of anilines is 2. The fraction of sp³-hybridized carbons (Fsp3) is 0.400. The van der Waals surface area contributed by atoms with Crippen LogP contribution in [0.4, 0.5) is 20.3 Å². The number of hydrogen-bond acceptors (Lipinski definition) is 10. The molecule has 2 aliphatic heterocycles. The third-order valence-electron chi connectivity index (χ3n) is 6.06. The molecule has 0 saturated carbocycles. The van der Waals surface area contributed by atoms with Crippen LogP contribution in [0.2, 0.25) is 0 Å². The lowest BCUT2D eigenvalue weighted by Gasteiger charge is -2.32. The molecule has 4 rings (SSSR count). The standard InChI is InChI=1S/C25H28F2N4O7/c1-14(11-15(2)31-7-9-36-10-8-31)29-22-21(18(34-3)5-6-28-22)23(32)30-17-13-20-19(37-25(26,27)38-20)12-16(17)24(33)35-4/h5-6,12-13,15H,1,7-11H2,2-4H3,(H,28,29)(H,30,32). The molecule has 2 N–H and O–H groups in total. The SMILES string of the molecule is C=C(CC(C)N1CCOCC1)Nc1nccc(OC)c1C(=O)Nc1cc2c(cc1C(=O)OC)OC(F)(F)O2. The molecular formula is C25H28F2N4O7. The van der Waals surface area contributed by atoms with E-state index in [2.05, 4.69) is 43.5 Å². The minimum Gasteiger partial charge on any atom is -0.496 e. The molecule has 11 nitrogen and oxygen atoms in total. The highest BCUT2D eigenvalue weighted by molar-refractivity contribution is 6.12. The van der Waals surface area contributed by atoms with Gasteiger partial charge in [0.25, 0.3) is 5.91 Å². The van der Waals surface area contributed by atoms with Crippen LogP contribution in [-0.2, 0) is 9.47 Å². The van der Waals surface area contributed by atoms with Gasteiger partial charge in [-0.1, -0.05) is 6.58 Å². The van der Waals surface area contributed by atoms with Gasteiger partial charge in [-0.3, -0.25) is 9.69 Å². The van der Waals surface area contributed by atoms with Gasteiger partial charge in [-0.2, -0.15) is 0 Å². The summed E-state index contributed by atoms with van der Waals surface area (Å²) in [6.45, 7) is 9.10. The largest absolute Gasteiger partial charge is 0.586 e. The molecule has 0 spiro atoms. The fourth-order valence-corrected chi connectivity index (χ4v) is 4.21. The number of carbonyl (C=O) groups is 2. The number of rotatable bonds is 9. The van der Waals surface area contributed by atoms with Crippen LogP contribution in [0.15, 0.2) is 36.7 Å². The van der Waals surface area contributed by atoms with E-state index in [1.165, 1.54) is 19.4 Å². The number of methoxy groups -OCH3 is 2. The fourth-order valence-electron chi connectivity index (χ4n) is 4.21. The molecule has 38 heavy (non-hydrogen) atoms. The highest BCUT2D eigenvalue weighted by Gasteiger charge is 2.44. The number of nitrogens with zero attached hydrogens (tertiary/aromatic N) is 2. The Kier molecular flexibility index (Phi) is 7.97.